The number of carbonyl (C=O) groups excluding carboxylic acids is 1. The molecule has 2 aromatic carbocycles. The van der Waals surface area contributed by atoms with Crippen LogP contribution < -0.4 is 5.73 Å². The number of nitrogens with two attached hydrogens (primary N) is 1. The number of rotatable bonds is 5. The number of Topliss-reactive ketones (excluding diaryl/α,β-unsaturated/α-hetero) is 1. The maximum Gasteiger partial charge on any atom is 0.137 e. The second-order valence-corrected chi connectivity index (χ2v) is 5.41. The molecule has 0 aliphatic heterocycles. The zero-order valence-electron chi connectivity index (χ0n) is 12.1. The minimum absolute atomic E-state index is 0.229. The summed E-state index contributed by atoms with van der Waals surface area (Å²) in [4.78, 5) is 12.2. The van der Waals surface area contributed by atoms with Crippen molar-refractivity contribution < 1.29 is 4.79 Å². The van der Waals surface area contributed by atoms with Crippen LogP contribution in [0, 0.1) is 6.92 Å². The molecule has 1 unspecified atom stereocenters. The molecule has 0 saturated carbocycles. The first-order valence-corrected chi connectivity index (χ1v) is 6.98. The van der Waals surface area contributed by atoms with Gasteiger partial charge < -0.3 is 5.73 Å². The largest absolute Gasteiger partial charge is 0.399 e. The van der Waals surface area contributed by atoms with Crippen molar-refractivity contribution in [2.24, 2.45) is 0 Å². The van der Waals surface area contributed by atoms with Gasteiger partial charge in [-0.1, -0.05) is 43.3 Å². The minimum atomic E-state index is 0.229. The van der Waals surface area contributed by atoms with Crippen molar-refractivity contribution in [2.45, 2.75) is 32.6 Å². The number of nitrogen functional groups attached to an aromatic ring is 1. The number of hydrogen-bond donors (Lipinski definition) is 1. The molecule has 2 rings (SSSR count). The van der Waals surface area contributed by atoms with E-state index in [4.69, 9.17) is 5.73 Å². The second kappa shape index (κ2) is 6.38. The molecule has 0 amide bonds. The van der Waals surface area contributed by atoms with Crippen LogP contribution >= 0.6 is 0 Å². The molecule has 2 N–H and O–H groups in total. The van der Waals surface area contributed by atoms with E-state index in [2.05, 4.69) is 6.92 Å². The molecule has 0 radical (unpaired) electrons. The topological polar surface area (TPSA) is 43.1 Å². The second-order valence-electron chi connectivity index (χ2n) is 5.41. The zero-order chi connectivity index (χ0) is 14.5. The van der Waals surface area contributed by atoms with Gasteiger partial charge in [0.1, 0.15) is 5.78 Å². The highest BCUT2D eigenvalue weighted by Gasteiger charge is 2.12. The van der Waals surface area contributed by atoms with Crippen LogP contribution in [0.3, 0.4) is 0 Å². The Hall–Kier alpha value is -2.09. The van der Waals surface area contributed by atoms with Gasteiger partial charge in [0.05, 0.1) is 0 Å². The number of aryl methyl sites for hydroxylation is 1. The molecule has 1 atom stereocenters. The lowest BCUT2D eigenvalue weighted by molar-refractivity contribution is -0.118. The lowest BCUT2D eigenvalue weighted by Gasteiger charge is -2.12. The van der Waals surface area contributed by atoms with Crippen molar-refractivity contribution >= 4 is 11.5 Å². The van der Waals surface area contributed by atoms with E-state index in [-0.39, 0.29) is 11.7 Å². The standard InChI is InChI=1S/C18H21NO/c1-13-5-3-4-6-16(13)12-18(20)11-14(2)15-7-9-17(19)10-8-15/h3-10,14H,11-12,19H2,1-2H3. The first-order chi connectivity index (χ1) is 9.56. The lowest BCUT2D eigenvalue weighted by atomic mass is 9.92. The number of hydrogen-bond acceptors (Lipinski definition) is 2. The fourth-order valence-corrected chi connectivity index (χ4v) is 2.38. The van der Waals surface area contributed by atoms with E-state index in [0.717, 1.165) is 16.8 Å². The Morgan fingerprint density at radius 2 is 1.75 bits per heavy atom. The van der Waals surface area contributed by atoms with Gasteiger partial charge in [0, 0.05) is 18.5 Å². The van der Waals surface area contributed by atoms with Crippen molar-refractivity contribution in [3.05, 3.63) is 65.2 Å². The number of benzene rings is 2. The molecule has 104 valence electrons. The van der Waals surface area contributed by atoms with Crippen LogP contribution in [0.5, 0.6) is 0 Å². The van der Waals surface area contributed by atoms with Crippen LogP contribution in [0.1, 0.15) is 36.0 Å². The normalized spacial score (nSPS) is 12.1. The van der Waals surface area contributed by atoms with Gasteiger partial charge in [-0.15, -0.1) is 0 Å². The highest BCUT2D eigenvalue weighted by atomic mass is 16.1. The Bertz CT molecular complexity index is 587. The van der Waals surface area contributed by atoms with E-state index in [1.165, 1.54) is 5.56 Å². The van der Waals surface area contributed by atoms with Crippen molar-refractivity contribution in [1.82, 2.24) is 0 Å². The van der Waals surface area contributed by atoms with Gasteiger partial charge in [-0.05, 0) is 41.7 Å². The van der Waals surface area contributed by atoms with E-state index in [9.17, 15) is 4.79 Å². The summed E-state index contributed by atoms with van der Waals surface area (Å²) >= 11 is 0. The number of carbonyl (C=O) groups is 1. The van der Waals surface area contributed by atoms with Crippen LogP contribution in [-0.2, 0) is 11.2 Å². The Morgan fingerprint density at radius 3 is 2.40 bits per heavy atom. The van der Waals surface area contributed by atoms with Crippen molar-refractivity contribution in [3.63, 3.8) is 0 Å². The van der Waals surface area contributed by atoms with Gasteiger partial charge in [-0.3, -0.25) is 4.79 Å². The third kappa shape index (κ3) is 3.70. The van der Waals surface area contributed by atoms with Gasteiger partial charge in [0.15, 0.2) is 0 Å². The zero-order valence-corrected chi connectivity index (χ0v) is 12.1. The summed E-state index contributed by atoms with van der Waals surface area (Å²) < 4.78 is 0. The summed E-state index contributed by atoms with van der Waals surface area (Å²) in [6.45, 7) is 4.13. The first-order valence-electron chi connectivity index (χ1n) is 6.98. The molecule has 0 aliphatic carbocycles. The molecule has 2 aromatic rings. The summed E-state index contributed by atoms with van der Waals surface area (Å²) in [6, 6.07) is 15.8. The van der Waals surface area contributed by atoms with Crippen molar-refractivity contribution in [1.29, 1.82) is 0 Å². The van der Waals surface area contributed by atoms with Gasteiger partial charge in [-0.25, -0.2) is 0 Å². The SMILES string of the molecule is Cc1ccccc1CC(=O)CC(C)c1ccc(N)cc1. The fraction of sp³-hybridized carbons (Fsp3) is 0.278. The highest BCUT2D eigenvalue weighted by molar-refractivity contribution is 5.82. The number of anilines is 1. The van der Waals surface area contributed by atoms with Gasteiger partial charge in [0.25, 0.3) is 0 Å². The monoisotopic (exact) mass is 267 g/mol. The average Bonchev–Trinajstić information content (AvgIpc) is 2.42. The third-order valence-corrected chi connectivity index (χ3v) is 3.69. The highest BCUT2D eigenvalue weighted by Crippen LogP contribution is 2.21. The molecule has 0 fully saturated rings. The van der Waals surface area contributed by atoms with Crippen LogP contribution in [-0.4, -0.2) is 5.78 Å². The molecule has 0 aliphatic rings. The van der Waals surface area contributed by atoms with E-state index < -0.39 is 0 Å². The van der Waals surface area contributed by atoms with E-state index in [0.29, 0.717) is 12.8 Å². The number of ketones is 1. The fourth-order valence-electron chi connectivity index (χ4n) is 2.38. The van der Waals surface area contributed by atoms with E-state index in [1.54, 1.807) is 0 Å². The van der Waals surface area contributed by atoms with Gasteiger partial charge in [-0.2, -0.15) is 0 Å². The van der Waals surface area contributed by atoms with Crippen LogP contribution in [0.15, 0.2) is 48.5 Å². The molecule has 0 aromatic heterocycles. The van der Waals surface area contributed by atoms with Crippen molar-refractivity contribution in [3.8, 4) is 0 Å². The molecule has 0 spiro atoms. The van der Waals surface area contributed by atoms with Gasteiger partial charge >= 0.3 is 0 Å². The predicted molar refractivity (Wildman–Crippen MR) is 83.8 cm³/mol. The Labute approximate surface area is 120 Å². The molecule has 20 heavy (non-hydrogen) atoms. The van der Waals surface area contributed by atoms with Crippen molar-refractivity contribution in [2.75, 3.05) is 5.73 Å². The average molecular weight is 267 g/mol. The van der Waals surface area contributed by atoms with Crippen LogP contribution in [0.25, 0.3) is 0 Å². The maximum absolute atomic E-state index is 12.2. The molecule has 2 heteroatoms. The van der Waals surface area contributed by atoms with E-state index >= 15 is 0 Å². The first kappa shape index (κ1) is 14.3. The molecular formula is C18H21NO. The Balaban J connectivity index is 1.98. The minimum Gasteiger partial charge on any atom is -0.399 e. The molecule has 0 bridgehead atoms. The summed E-state index contributed by atoms with van der Waals surface area (Å²) in [5, 5.41) is 0. The molecular weight excluding hydrogens is 246 g/mol. The summed E-state index contributed by atoms with van der Waals surface area (Å²) in [6.07, 6.45) is 1.09. The summed E-state index contributed by atoms with van der Waals surface area (Å²) in [5.74, 6) is 0.510. The smallest absolute Gasteiger partial charge is 0.137 e. The Morgan fingerprint density at radius 1 is 1.10 bits per heavy atom. The summed E-state index contributed by atoms with van der Waals surface area (Å²) in [5.41, 5.74) is 9.91. The maximum atomic E-state index is 12.2. The molecule has 2 nitrogen and oxygen atoms in total. The van der Waals surface area contributed by atoms with Gasteiger partial charge in [0.2, 0.25) is 0 Å². The quantitative estimate of drug-likeness (QED) is 0.835. The van der Waals surface area contributed by atoms with E-state index in [1.807, 2.05) is 55.5 Å². The summed E-state index contributed by atoms with van der Waals surface area (Å²) in [7, 11) is 0. The predicted octanol–water partition coefficient (Wildman–Crippen LogP) is 3.88. The third-order valence-electron chi connectivity index (χ3n) is 3.69. The Kier molecular flexibility index (Phi) is 4.57. The lowest BCUT2D eigenvalue weighted by Crippen LogP contribution is -2.08. The van der Waals surface area contributed by atoms with Crippen LogP contribution in [0.2, 0.25) is 0 Å². The van der Waals surface area contributed by atoms with Crippen LogP contribution in [0.4, 0.5) is 5.69 Å². The molecule has 0 heterocycles. The molecule has 0 saturated heterocycles.